The average molecular weight is 290 g/mol. The number of amides is 1. The van der Waals surface area contributed by atoms with Crippen molar-refractivity contribution in [2.75, 3.05) is 5.73 Å². The Balaban J connectivity index is 2.05. The molecular weight excluding hydrogens is 278 g/mol. The van der Waals surface area contributed by atoms with Crippen molar-refractivity contribution < 1.29 is 9.90 Å². The Labute approximate surface area is 120 Å². The van der Waals surface area contributed by atoms with E-state index in [4.69, 9.17) is 17.3 Å². The van der Waals surface area contributed by atoms with Crippen molar-refractivity contribution in [2.45, 2.75) is 0 Å². The molecule has 2 rings (SSSR count). The molecule has 102 valence electrons. The number of anilines is 1. The van der Waals surface area contributed by atoms with Gasteiger partial charge in [-0.25, -0.2) is 5.43 Å². The third-order valence-electron chi connectivity index (χ3n) is 2.51. The summed E-state index contributed by atoms with van der Waals surface area (Å²) in [6.07, 6.45) is 1.47. The van der Waals surface area contributed by atoms with E-state index in [1.807, 2.05) is 0 Å². The van der Waals surface area contributed by atoms with Gasteiger partial charge in [-0.15, -0.1) is 0 Å². The smallest absolute Gasteiger partial charge is 0.275 e. The monoisotopic (exact) mass is 289 g/mol. The molecule has 2 aromatic carbocycles. The quantitative estimate of drug-likeness (QED) is 0.351. The topological polar surface area (TPSA) is 87.7 Å². The highest BCUT2D eigenvalue weighted by molar-refractivity contribution is 6.30. The summed E-state index contributed by atoms with van der Waals surface area (Å²) in [4.78, 5) is 11.8. The van der Waals surface area contributed by atoms with Crippen LogP contribution in [0.5, 0.6) is 5.75 Å². The number of benzene rings is 2. The van der Waals surface area contributed by atoms with E-state index in [0.29, 0.717) is 10.7 Å². The Hall–Kier alpha value is -2.53. The molecule has 0 aromatic heterocycles. The van der Waals surface area contributed by atoms with Crippen LogP contribution < -0.4 is 11.2 Å². The van der Waals surface area contributed by atoms with Gasteiger partial charge in [0.1, 0.15) is 5.75 Å². The summed E-state index contributed by atoms with van der Waals surface area (Å²) in [6.45, 7) is 0. The number of halogens is 1. The van der Waals surface area contributed by atoms with Crippen LogP contribution in [0.25, 0.3) is 0 Å². The number of nitrogens with one attached hydrogen (secondary N) is 1. The lowest BCUT2D eigenvalue weighted by molar-refractivity contribution is 0.0952. The van der Waals surface area contributed by atoms with Crippen LogP contribution in [-0.2, 0) is 0 Å². The molecule has 0 heterocycles. The minimum Gasteiger partial charge on any atom is -0.507 e. The van der Waals surface area contributed by atoms with Gasteiger partial charge < -0.3 is 10.8 Å². The number of nitrogens with two attached hydrogens (primary N) is 1. The van der Waals surface area contributed by atoms with Gasteiger partial charge in [-0.2, -0.15) is 5.10 Å². The molecule has 4 N–H and O–H groups in total. The van der Waals surface area contributed by atoms with E-state index in [0.717, 1.165) is 5.56 Å². The molecule has 0 aliphatic carbocycles. The van der Waals surface area contributed by atoms with E-state index >= 15 is 0 Å². The number of rotatable bonds is 3. The molecule has 20 heavy (non-hydrogen) atoms. The fourth-order valence-corrected chi connectivity index (χ4v) is 1.64. The molecule has 2 aromatic rings. The molecule has 5 nitrogen and oxygen atoms in total. The van der Waals surface area contributed by atoms with Crippen molar-refractivity contribution in [3.63, 3.8) is 0 Å². The van der Waals surface area contributed by atoms with Gasteiger partial charge in [-0.1, -0.05) is 23.7 Å². The van der Waals surface area contributed by atoms with E-state index < -0.39 is 5.91 Å². The van der Waals surface area contributed by atoms with Crippen molar-refractivity contribution in [3.8, 4) is 5.75 Å². The summed E-state index contributed by atoms with van der Waals surface area (Å²) in [5.41, 5.74) is 9.10. The van der Waals surface area contributed by atoms with E-state index in [2.05, 4.69) is 10.5 Å². The zero-order valence-corrected chi connectivity index (χ0v) is 11.1. The van der Waals surface area contributed by atoms with Crippen molar-refractivity contribution in [3.05, 3.63) is 58.6 Å². The third kappa shape index (κ3) is 3.49. The van der Waals surface area contributed by atoms with Crippen LogP contribution in [0.15, 0.2) is 47.6 Å². The number of hydrazone groups is 1. The number of phenolic OH excluding ortho intramolecular Hbond substituents is 1. The van der Waals surface area contributed by atoms with Gasteiger partial charge in [0, 0.05) is 10.7 Å². The Kier molecular flexibility index (Phi) is 4.22. The summed E-state index contributed by atoms with van der Waals surface area (Å²) in [5, 5.41) is 14.0. The van der Waals surface area contributed by atoms with Crippen molar-refractivity contribution >= 4 is 29.4 Å². The third-order valence-corrected chi connectivity index (χ3v) is 2.77. The van der Waals surface area contributed by atoms with Crippen molar-refractivity contribution in [1.82, 2.24) is 5.43 Å². The van der Waals surface area contributed by atoms with Gasteiger partial charge in [-0.05, 0) is 35.9 Å². The molecule has 0 bridgehead atoms. The van der Waals surface area contributed by atoms with Gasteiger partial charge in [0.15, 0.2) is 0 Å². The minimum atomic E-state index is -0.542. The van der Waals surface area contributed by atoms with Gasteiger partial charge in [0.05, 0.1) is 11.8 Å². The van der Waals surface area contributed by atoms with E-state index in [1.54, 1.807) is 24.3 Å². The van der Waals surface area contributed by atoms with Crippen LogP contribution in [0, 0.1) is 0 Å². The number of hydrogen-bond acceptors (Lipinski definition) is 4. The van der Waals surface area contributed by atoms with Crippen molar-refractivity contribution in [1.29, 1.82) is 0 Å². The SMILES string of the molecule is Nc1ccc(O)c(C(=O)NN=Cc2ccc(Cl)cc2)c1. The first kappa shape index (κ1) is 13.9. The Morgan fingerprint density at radius 3 is 2.65 bits per heavy atom. The van der Waals surface area contributed by atoms with Gasteiger partial charge in [0.25, 0.3) is 5.91 Å². The maximum Gasteiger partial charge on any atom is 0.275 e. The predicted octanol–water partition coefficient (Wildman–Crippen LogP) is 2.39. The van der Waals surface area contributed by atoms with E-state index in [-0.39, 0.29) is 11.3 Å². The zero-order valence-electron chi connectivity index (χ0n) is 10.4. The van der Waals surface area contributed by atoms with Crippen LogP contribution in [-0.4, -0.2) is 17.2 Å². The molecule has 0 radical (unpaired) electrons. The Morgan fingerprint density at radius 2 is 1.95 bits per heavy atom. The first-order valence-corrected chi connectivity index (χ1v) is 6.11. The molecule has 0 saturated carbocycles. The second-order valence-electron chi connectivity index (χ2n) is 4.03. The standard InChI is InChI=1S/C14H12ClN3O2/c15-10-3-1-9(2-4-10)8-17-18-14(20)12-7-11(16)5-6-13(12)19/h1-8,19H,16H2,(H,18,20). The second kappa shape index (κ2) is 6.08. The average Bonchev–Trinajstić information content (AvgIpc) is 2.43. The lowest BCUT2D eigenvalue weighted by Crippen LogP contribution is -2.18. The van der Waals surface area contributed by atoms with Crippen LogP contribution >= 0.6 is 11.6 Å². The predicted molar refractivity (Wildman–Crippen MR) is 79.0 cm³/mol. The molecular formula is C14H12ClN3O2. The molecule has 1 amide bonds. The number of phenols is 1. The largest absolute Gasteiger partial charge is 0.507 e. The van der Waals surface area contributed by atoms with E-state index in [1.165, 1.54) is 24.4 Å². The van der Waals surface area contributed by atoms with Crippen LogP contribution in [0.2, 0.25) is 5.02 Å². The van der Waals surface area contributed by atoms with Gasteiger partial charge in [-0.3, -0.25) is 4.79 Å². The Bertz CT molecular complexity index is 654. The highest BCUT2D eigenvalue weighted by atomic mass is 35.5. The van der Waals surface area contributed by atoms with Crippen LogP contribution in [0.4, 0.5) is 5.69 Å². The maximum absolute atomic E-state index is 11.8. The lowest BCUT2D eigenvalue weighted by atomic mass is 10.1. The molecule has 0 aliphatic rings. The van der Waals surface area contributed by atoms with Crippen LogP contribution in [0.1, 0.15) is 15.9 Å². The highest BCUT2D eigenvalue weighted by Gasteiger charge is 2.10. The van der Waals surface area contributed by atoms with E-state index in [9.17, 15) is 9.90 Å². The first-order chi connectivity index (χ1) is 9.56. The molecule has 0 unspecified atom stereocenters. The van der Waals surface area contributed by atoms with Crippen molar-refractivity contribution in [2.24, 2.45) is 5.10 Å². The summed E-state index contributed by atoms with van der Waals surface area (Å²) in [7, 11) is 0. The van der Waals surface area contributed by atoms with Gasteiger partial charge in [0.2, 0.25) is 0 Å². The number of nitrogens with zero attached hydrogens (tertiary/aromatic N) is 1. The maximum atomic E-state index is 11.8. The number of nitrogen functional groups attached to an aromatic ring is 1. The number of hydrogen-bond donors (Lipinski definition) is 3. The highest BCUT2D eigenvalue weighted by Crippen LogP contribution is 2.19. The minimum absolute atomic E-state index is 0.0678. The summed E-state index contributed by atoms with van der Waals surface area (Å²) in [5.74, 6) is -0.696. The molecule has 6 heteroatoms. The molecule has 0 atom stereocenters. The molecule has 0 aliphatic heterocycles. The normalized spacial score (nSPS) is 10.7. The number of carbonyl (C=O) groups excluding carboxylic acids is 1. The second-order valence-corrected chi connectivity index (χ2v) is 4.46. The Morgan fingerprint density at radius 1 is 1.25 bits per heavy atom. The van der Waals surface area contributed by atoms with Gasteiger partial charge >= 0.3 is 0 Å². The molecule has 0 spiro atoms. The lowest BCUT2D eigenvalue weighted by Gasteiger charge is -2.03. The summed E-state index contributed by atoms with van der Waals surface area (Å²) >= 11 is 5.75. The fraction of sp³-hybridized carbons (Fsp3) is 0. The first-order valence-electron chi connectivity index (χ1n) is 5.74. The molecule has 0 fully saturated rings. The van der Waals surface area contributed by atoms with Crippen LogP contribution in [0.3, 0.4) is 0 Å². The number of aromatic hydroxyl groups is 1. The molecule has 0 saturated heterocycles. The summed E-state index contributed by atoms with van der Waals surface area (Å²) in [6, 6.07) is 11.2. The zero-order chi connectivity index (χ0) is 14.5. The fourth-order valence-electron chi connectivity index (χ4n) is 1.51. The number of carbonyl (C=O) groups is 1. The summed E-state index contributed by atoms with van der Waals surface area (Å²) < 4.78 is 0.